The first kappa shape index (κ1) is 47.3. The van der Waals surface area contributed by atoms with Crippen molar-refractivity contribution >= 4 is 160 Å². The quantitative estimate of drug-likeness (QED) is 0.0409. The van der Waals surface area contributed by atoms with E-state index in [4.69, 9.17) is 85.5 Å². The molecule has 6 aromatic heterocycles. The van der Waals surface area contributed by atoms with Crippen molar-refractivity contribution in [1.82, 2.24) is 71.2 Å². The van der Waals surface area contributed by atoms with Crippen LogP contribution in [0.5, 0.6) is 0 Å². The Morgan fingerprint density at radius 1 is 0.588 bits per heavy atom. The van der Waals surface area contributed by atoms with Crippen LogP contribution in [0.1, 0.15) is 30.9 Å². The van der Waals surface area contributed by atoms with Crippen molar-refractivity contribution in [3.8, 4) is 0 Å². The molecule has 0 radical (unpaired) electrons. The molecule has 0 aliphatic carbocycles. The SMILES string of the molecule is CN1CCNC1=S.Cc1n[nH]c(=S)s1.Cc1n[nH]c(=S)s1.Cc1n[nH]c(=S)s1.Cc1n[nH]c(=S)s1.Cc1n[nH]c(=S)s1.Cc1nc(S)cc(=S)[nH]1. The number of likely N-dealkylation sites (N-methyl/N-ethyl adjacent to an activating group) is 1. The van der Waals surface area contributed by atoms with Gasteiger partial charge in [0.25, 0.3) is 0 Å². The largest absolute Gasteiger partial charge is 0.361 e. The number of aromatic amines is 6. The number of rotatable bonds is 0. The van der Waals surface area contributed by atoms with Crippen molar-refractivity contribution in [1.29, 1.82) is 0 Å². The van der Waals surface area contributed by atoms with Gasteiger partial charge in [0.15, 0.2) is 24.9 Å². The molecule has 0 atom stereocenters. The second-order valence-corrected chi connectivity index (χ2v) is 19.6. The third kappa shape index (κ3) is 24.2. The van der Waals surface area contributed by atoms with Gasteiger partial charge in [0, 0.05) is 26.2 Å². The van der Waals surface area contributed by atoms with E-state index in [1.165, 1.54) is 56.7 Å². The molecule has 0 bridgehead atoms. The highest BCUT2D eigenvalue weighted by Crippen LogP contribution is 2.03. The summed E-state index contributed by atoms with van der Waals surface area (Å²) >= 11 is 44.8. The predicted molar refractivity (Wildman–Crippen MR) is 235 cm³/mol. The fourth-order valence-electron chi connectivity index (χ4n) is 2.65. The van der Waals surface area contributed by atoms with Crippen LogP contribution in [0.3, 0.4) is 0 Å². The van der Waals surface area contributed by atoms with Gasteiger partial charge in [-0.2, -0.15) is 25.5 Å². The summed E-state index contributed by atoms with van der Waals surface area (Å²) in [5.41, 5.74) is 0. The van der Waals surface area contributed by atoms with E-state index in [1.54, 1.807) is 6.07 Å². The number of aryl methyl sites for hydroxylation is 6. The number of hydrogen-bond donors (Lipinski definition) is 8. The molecule has 1 saturated heterocycles. The van der Waals surface area contributed by atoms with E-state index in [2.05, 4.69) is 78.9 Å². The molecule has 6 aromatic rings. The van der Waals surface area contributed by atoms with Gasteiger partial charge in [-0.3, -0.25) is 25.5 Å². The Balaban J connectivity index is 0.000000298. The minimum Gasteiger partial charge on any atom is -0.361 e. The van der Waals surface area contributed by atoms with Crippen molar-refractivity contribution in [2.45, 2.75) is 46.6 Å². The summed E-state index contributed by atoms with van der Waals surface area (Å²) in [5, 5.41) is 41.8. The van der Waals surface area contributed by atoms with E-state index in [1.807, 2.05) is 53.5 Å². The highest BCUT2D eigenvalue weighted by Gasteiger charge is 2.08. The highest BCUT2D eigenvalue weighted by atomic mass is 32.2. The maximum atomic E-state index is 4.86. The Labute approximate surface area is 355 Å². The lowest BCUT2D eigenvalue weighted by atomic mass is 10.6. The second-order valence-electron chi connectivity index (χ2n) is 9.00. The smallest absolute Gasteiger partial charge is 0.176 e. The summed E-state index contributed by atoms with van der Waals surface area (Å²) in [5.74, 6) is 0.799. The predicted octanol–water partition coefficient (Wildman–Crippen LogP) is 9.09. The fourth-order valence-corrected chi connectivity index (χ4v) is 7.76. The molecular weight excluding hydrogens is 901 g/mol. The van der Waals surface area contributed by atoms with Gasteiger partial charge < -0.3 is 15.2 Å². The van der Waals surface area contributed by atoms with Crippen molar-refractivity contribution in [2.75, 3.05) is 20.1 Å². The number of nitrogens with one attached hydrogen (secondary N) is 7. The fraction of sp³-hybridized carbons (Fsp3) is 0.375. The average Bonchev–Trinajstić information content (AvgIpc) is 3.90. The van der Waals surface area contributed by atoms with Crippen molar-refractivity contribution in [3.05, 3.63) is 61.3 Å². The van der Waals surface area contributed by atoms with Crippen LogP contribution in [-0.4, -0.2) is 91.1 Å². The molecule has 0 unspecified atom stereocenters. The van der Waals surface area contributed by atoms with Gasteiger partial charge in [-0.15, -0.1) is 12.6 Å². The van der Waals surface area contributed by atoms with Gasteiger partial charge in [0.05, 0.1) is 5.03 Å². The molecule has 278 valence electrons. The van der Waals surface area contributed by atoms with Crippen LogP contribution in [-0.2, 0) is 0 Å². The molecule has 14 nitrogen and oxygen atoms in total. The first-order valence-corrected chi connectivity index (χ1v) is 21.2. The number of thiocarbonyl (C=S) groups is 1. The molecule has 7 heterocycles. The van der Waals surface area contributed by atoms with Crippen LogP contribution in [0.4, 0.5) is 0 Å². The summed E-state index contributed by atoms with van der Waals surface area (Å²) < 4.78 is 4.41. The van der Waals surface area contributed by atoms with Crippen LogP contribution >= 0.6 is 155 Å². The van der Waals surface area contributed by atoms with Crippen molar-refractivity contribution in [3.63, 3.8) is 0 Å². The van der Waals surface area contributed by atoms with Gasteiger partial charge in [-0.25, -0.2) is 4.98 Å². The summed E-state index contributed by atoms with van der Waals surface area (Å²) in [6.45, 7) is 13.5. The standard InChI is InChI=1S/C5H6N2S2.C4H8N2S.5C3H4N2S2/c1-3-6-4(8)2-5(9)7-3;1-6-3-2-5-4(6)7;5*1-2-4-5-3(6)7-2/h2H,1H3,(H2,6,7,8,9);2-3H2,1H3,(H,5,7);5*1H3,(H,5,6). The van der Waals surface area contributed by atoms with Gasteiger partial charge in [0.1, 0.15) is 35.5 Å². The lowest BCUT2D eigenvalue weighted by Gasteiger charge is -2.05. The van der Waals surface area contributed by atoms with Gasteiger partial charge in [-0.1, -0.05) is 68.9 Å². The summed E-state index contributed by atoms with van der Waals surface area (Å²) in [6.07, 6.45) is 0. The molecule has 27 heteroatoms. The normalized spacial score (nSPS) is 10.8. The van der Waals surface area contributed by atoms with E-state index in [0.29, 0.717) is 9.67 Å². The Kier molecular flexibility index (Phi) is 24.2. The Bertz CT molecular complexity index is 1930. The highest BCUT2D eigenvalue weighted by molar-refractivity contribution is 7.80. The van der Waals surface area contributed by atoms with Crippen LogP contribution < -0.4 is 5.32 Å². The van der Waals surface area contributed by atoms with E-state index in [9.17, 15) is 0 Å². The Hall–Kier alpha value is -1.76. The zero-order valence-electron chi connectivity index (χ0n) is 28.0. The molecule has 0 aromatic carbocycles. The molecule has 0 amide bonds. The lowest BCUT2D eigenvalue weighted by molar-refractivity contribution is 0.571. The Morgan fingerprint density at radius 3 is 1.02 bits per heavy atom. The van der Waals surface area contributed by atoms with Crippen LogP contribution in [0.2, 0.25) is 0 Å². The molecule has 1 aliphatic rings. The number of thiol groups is 1. The maximum Gasteiger partial charge on any atom is 0.176 e. The number of hydrogen-bond acceptors (Lipinski definition) is 19. The van der Waals surface area contributed by atoms with Gasteiger partial charge in [-0.05, 0) is 115 Å². The summed E-state index contributed by atoms with van der Waals surface area (Å²) in [7, 11) is 1.99. The Morgan fingerprint density at radius 2 is 0.902 bits per heavy atom. The summed E-state index contributed by atoms with van der Waals surface area (Å²) in [6, 6.07) is 1.70. The van der Waals surface area contributed by atoms with Crippen LogP contribution in [0, 0.1) is 66.0 Å². The molecule has 0 saturated carbocycles. The minimum atomic E-state index is 0.663. The van der Waals surface area contributed by atoms with E-state index < -0.39 is 0 Å². The average molecular weight is 936 g/mol. The molecule has 1 aliphatic heterocycles. The van der Waals surface area contributed by atoms with E-state index in [-0.39, 0.29) is 0 Å². The number of aromatic nitrogens is 12. The molecule has 7 rings (SSSR count). The third-order valence-corrected chi connectivity index (χ3v) is 10.6. The van der Waals surface area contributed by atoms with Crippen LogP contribution in [0.25, 0.3) is 0 Å². The summed E-state index contributed by atoms with van der Waals surface area (Å²) in [4.78, 5) is 8.87. The number of H-pyrrole nitrogens is 6. The molecular formula is C24H34N14S13. The number of nitrogens with zero attached hydrogens (tertiary/aromatic N) is 7. The molecule has 0 spiro atoms. The molecule has 51 heavy (non-hydrogen) atoms. The lowest BCUT2D eigenvalue weighted by Crippen LogP contribution is -2.22. The van der Waals surface area contributed by atoms with Gasteiger partial charge in [0.2, 0.25) is 0 Å². The van der Waals surface area contributed by atoms with Crippen molar-refractivity contribution in [2.24, 2.45) is 0 Å². The zero-order chi connectivity index (χ0) is 38.5. The zero-order valence-corrected chi connectivity index (χ0v) is 38.7. The van der Waals surface area contributed by atoms with Gasteiger partial charge >= 0.3 is 0 Å². The van der Waals surface area contributed by atoms with E-state index in [0.717, 1.165) is 68.8 Å². The second kappa shape index (κ2) is 26.1. The van der Waals surface area contributed by atoms with E-state index >= 15 is 0 Å². The third-order valence-electron chi connectivity index (χ3n) is 4.64. The minimum absolute atomic E-state index is 0.663. The first-order chi connectivity index (χ1) is 23.9. The monoisotopic (exact) mass is 934 g/mol. The topological polar surface area (TPSA) is 187 Å². The molecule has 1 fully saturated rings. The first-order valence-electron chi connectivity index (χ1n) is 13.8. The maximum absolute atomic E-state index is 4.86. The molecule has 7 N–H and O–H groups in total. The van der Waals surface area contributed by atoms with Crippen LogP contribution in [0.15, 0.2) is 11.1 Å². The van der Waals surface area contributed by atoms with Crippen molar-refractivity contribution < 1.29 is 0 Å².